The molecule has 0 atom stereocenters. The second-order valence-electron chi connectivity index (χ2n) is 8.25. The summed E-state index contributed by atoms with van der Waals surface area (Å²) >= 11 is 0. The average Bonchev–Trinajstić information content (AvgIpc) is 2.91. The van der Waals surface area contributed by atoms with E-state index < -0.39 is 34.1 Å². The molecule has 36 heavy (non-hydrogen) atoms. The molecule has 0 N–H and O–H groups in total. The van der Waals surface area contributed by atoms with Crippen molar-refractivity contribution >= 4 is 44.0 Å². The number of amides is 1. The quantitative estimate of drug-likeness (QED) is 0.332. The van der Waals surface area contributed by atoms with Crippen molar-refractivity contribution in [2.24, 2.45) is 0 Å². The maximum Gasteiger partial charge on any atom is 0.338 e. The fourth-order valence-electron chi connectivity index (χ4n) is 4.42. The van der Waals surface area contributed by atoms with Crippen LogP contribution in [0.15, 0.2) is 94.7 Å². The molecule has 1 heterocycles. The SMILES string of the molecule is CCN(C(=O)COC(=O)c1ccc2c(c1)S(=O)(=O)c1ccccc1C2=O)c1cccc2ccccc12. The van der Waals surface area contributed by atoms with Crippen molar-refractivity contribution in [3.63, 3.8) is 0 Å². The molecule has 1 amide bonds. The number of rotatable bonds is 5. The van der Waals surface area contributed by atoms with Gasteiger partial charge in [-0.05, 0) is 48.7 Å². The van der Waals surface area contributed by atoms with Crippen molar-refractivity contribution in [1.82, 2.24) is 0 Å². The number of esters is 1. The van der Waals surface area contributed by atoms with Crippen molar-refractivity contribution in [2.45, 2.75) is 16.7 Å². The van der Waals surface area contributed by atoms with E-state index in [-0.39, 0.29) is 26.5 Å². The molecule has 0 bridgehead atoms. The minimum absolute atomic E-state index is 0.00515. The van der Waals surface area contributed by atoms with Crippen LogP contribution in [0, 0.1) is 0 Å². The number of anilines is 1. The Kier molecular flexibility index (Phi) is 5.89. The molecule has 8 heteroatoms. The van der Waals surface area contributed by atoms with Gasteiger partial charge < -0.3 is 9.64 Å². The Morgan fingerprint density at radius 1 is 0.833 bits per heavy atom. The molecule has 0 spiro atoms. The summed E-state index contributed by atoms with van der Waals surface area (Å²) in [6.45, 7) is 1.66. The lowest BCUT2D eigenvalue weighted by Crippen LogP contribution is -2.34. The van der Waals surface area contributed by atoms with Crippen LogP contribution in [0.3, 0.4) is 0 Å². The molecule has 4 aromatic carbocycles. The van der Waals surface area contributed by atoms with Gasteiger partial charge in [0, 0.05) is 23.1 Å². The summed E-state index contributed by atoms with van der Waals surface area (Å²) in [5, 5.41) is 1.87. The molecule has 4 aromatic rings. The maximum absolute atomic E-state index is 13.1. The third-order valence-electron chi connectivity index (χ3n) is 6.17. The second-order valence-corrected chi connectivity index (χ2v) is 10.1. The molecule has 0 radical (unpaired) electrons. The molecule has 5 rings (SSSR count). The topological polar surface area (TPSA) is 97.8 Å². The first kappa shape index (κ1) is 23.4. The van der Waals surface area contributed by atoms with Crippen molar-refractivity contribution in [3.05, 3.63) is 102 Å². The van der Waals surface area contributed by atoms with Crippen LogP contribution in [0.2, 0.25) is 0 Å². The molecule has 1 aliphatic heterocycles. The predicted octanol–water partition coefficient (Wildman–Crippen LogP) is 4.43. The Labute approximate surface area is 207 Å². The average molecular weight is 500 g/mol. The Balaban J connectivity index is 1.38. The minimum Gasteiger partial charge on any atom is -0.452 e. The number of benzene rings is 4. The van der Waals surface area contributed by atoms with Gasteiger partial charge in [0.1, 0.15) is 0 Å². The van der Waals surface area contributed by atoms with Crippen molar-refractivity contribution in [3.8, 4) is 0 Å². The van der Waals surface area contributed by atoms with E-state index in [1.165, 1.54) is 35.2 Å². The summed E-state index contributed by atoms with van der Waals surface area (Å²) in [7, 11) is -4.00. The number of hydrogen-bond donors (Lipinski definition) is 0. The monoisotopic (exact) mass is 499 g/mol. The predicted molar refractivity (Wildman–Crippen MR) is 134 cm³/mol. The highest BCUT2D eigenvalue weighted by Crippen LogP contribution is 2.35. The number of hydrogen-bond acceptors (Lipinski definition) is 6. The van der Waals surface area contributed by atoms with Crippen LogP contribution >= 0.6 is 0 Å². The normalized spacial score (nSPS) is 13.5. The van der Waals surface area contributed by atoms with E-state index in [2.05, 4.69) is 0 Å². The molecule has 0 aromatic heterocycles. The number of sulfone groups is 1. The first-order valence-electron chi connectivity index (χ1n) is 11.3. The minimum atomic E-state index is -4.00. The summed E-state index contributed by atoms with van der Waals surface area (Å²) in [6, 6.07) is 23.0. The van der Waals surface area contributed by atoms with Gasteiger partial charge >= 0.3 is 5.97 Å². The van der Waals surface area contributed by atoms with Crippen LogP contribution in [0.4, 0.5) is 5.69 Å². The summed E-state index contributed by atoms with van der Waals surface area (Å²) in [5.74, 6) is -1.71. The summed E-state index contributed by atoms with van der Waals surface area (Å²) in [5.41, 5.74) is 0.729. The molecule has 0 saturated heterocycles. The van der Waals surface area contributed by atoms with Crippen molar-refractivity contribution in [1.29, 1.82) is 0 Å². The zero-order valence-corrected chi connectivity index (χ0v) is 20.1. The number of ketones is 1. The Morgan fingerprint density at radius 3 is 2.33 bits per heavy atom. The number of fused-ring (bicyclic) bond motifs is 3. The molecule has 180 valence electrons. The van der Waals surface area contributed by atoms with Gasteiger partial charge in [-0.1, -0.05) is 48.5 Å². The van der Waals surface area contributed by atoms with E-state index in [4.69, 9.17) is 4.74 Å². The molecular weight excluding hydrogens is 478 g/mol. The lowest BCUT2D eigenvalue weighted by molar-refractivity contribution is -0.121. The number of ether oxygens (including phenoxy) is 1. The Hall–Kier alpha value is -4.30. The highest BCUT2D eigenvalue weighted by molar-refractivity contribution is 7.91. The first-order valence-corrected chi connectivity index (χ1v) is 12.8. The van der Waals surface area contributed by atoms with Crippen LogP contribution in [0.1, 0.15) is 33.2 Å². The van der Waals surface area contributed by atoms with Crippen LogP contribution in [0.25, 0.3) is 10.8 Å². The van der Waals surface area contributed by atoms with Crippen LogP contribution < -0.4 is 4.90 Å². The van der Waals surface area contributed by atoms with E-state index in [9.17, 15) is 22.8 Å². The second kappa shape index (κ2) is 9.05. The van der Waals surface area contributed by atoms with Crippen LogP contribution in [-0.2, 0) is 19.4 Å². The van der Waals surface area contributed by atoms with Gasteiger partial charge in [-0.25, -0.2) is 13.2 Å². The third-order valence-corrected chi connectivity index (χ3v) is 8.03. The molecule has 0 aliphatic carbocycles. The lowest BCUT2D eigenvalue weighted by atomic mass is 10.0. The van der Waals surface area contributed by atoms with Gasteiger partial charge in [-0.3, -0.25) is 9.59 Å². The van der Waals surface area contributed by atoms with Gasteiger partial charge in [-0.2, -0.15) is 0 Å². The highest BCUT2D eigenvalue weighted by atomic mass is 32.2. The standard InChI is InChI=1S/C28H21NO6S/c1-2-29(23-12-7-9-18-8-3-4-10-20(18)23)26(30)17-35-28(32)19-14-15-22-25(16-19)36(33,34)24-13-6-5-11-21(24)27(22)31/h3-16H,2,17H2,1H3. The van der Waals surface area contributed by atoms with E-state index in [0.717, 1.165) is 16.8 Å². The van der Waals surface area contributed by atoms with E-state index in [1.54, 1.807) is 6.07 Å². The smallest absolute Gasteiger partial charge is 0.338 e. The third kappa shape index (κ3) is 3.85. The van der Waals surface area contributed by atoms with Gasteiger partial charge in [0.05, 0.1) is 21.0 Å². The Morgan fingerprint density at radius 2 is 1.53 bits per heavy atom. The van der Waals surface area contributed by atoms with E-state index >= 15 is 0 Å². The summed E-state index contributed by atoms with van der Waals surface area (Å²) < 4.78 is 31.5. The van der Waals surface area contributed by atoms with Crippen molar-refractivity contribution < 1.29 is 27.5 Å². The number of likely N-dealkylation sites (N-methyl/N-ethyl adjacent to an activating group) is 1. The molecular formula is C28H21NO6S. The number of carbonyl (C=O) groups is 3. The molecule has 7 nitrogen and oxygen atoms in total. The van der Waals surface area contributed by atoms with Gasteiger partial charge in [0.2, 0.25) is 9.84 Å². The zero-order valence-electron chi connectivity index (χ0n) is 19.3. The fourth-order valence-corrected chi connectivity index (χ4v) is 6.10. The zero-order chi connectivity index (χ0) is 25.4. The van der Waals surface area contributed by atoms with E-state index in [1.807, 2.05) is 49.4 Å². The van der Waals surface area contributed by atoms with Gasteiger partial charge in [0.15, 0.2) is 12.4 Å². The van der Waals surface area contributed by atoms with Crippen LogP contribution in [0.5, 0.6) is 0 Å². The highest BCUT2D eigenvalue weighted by Gasteiger charge is 2.35. The lowest BCUT2D eigenvalue weighted by Gasteiger charge is -2.23. The van der Waals surface area contributed by atoms with Gasteiger partial charge in [-0.15, -0.1) is 0 Å². The molecule has 0 unspecified atom stereocenters. The largest absolute Gasteiger partial charge is 0.452 e. The molecule has 0 fully saturated rings. The van der Waals surface area contributed by atoms with Gasteiger partial charge in [0.25, 0.3) is 5.91 Å². The number of nitrogens with zero attached hydrogens (tertiary/aromatic N) is 1. The van der Waals surface area contributed by atoms with Crippen LogP contribution in [-0.4, -0.2) is 39.2 Å². The molecule has 0 saturated carbocycles. The van der Waals surface area contributed by atoms with E-state index in [0.29, 0.717) is 12.2 Å². The summed E-state index contributed by atoms with van der Waals surface area (Å²) in [4.78, 5) is 39.7. The maximum atomic E-state index is 13.1. The Bertz CT molecular complexity index is 1650. The summed E-state index contributed by atoms with van der Waals surface area (Å²) in [6.07, 6.45) is 0. The fraction of sp³-hybridized carbons (Fsp3) is 0.107. The molecule has 1 aliphatic rings. The number of carbonyl (C=O) groups excluding carboxylic acids is 3. The van der Waals surface area contributed by atoms with Crippen molar-refractivity contribution in [2.75, 3.05) is 18.1 Å². The first-order chi connectivity index (χ1) is 17.3.